The topological polar surface area (TPSA) is 124 Å². The Balaban J connectivity index is 1.47. The Labute approximate surface area is 263 Å². The van der Waals surface area contributed by atoms with Gasteiger partial charge in [0.15, 0.2) is 0 Å². The smallest absolute Gasteiger partial charge is 0.410 e. The summed E-state index contributed by atoms with van der Waals surface area (Å²) in [4.78, 5) is 46.8. The zero-order chi connectivity index (χ0) is 32.9. The van der Waals surface area contributed by atoms with Gasteiger partial charge in [0.25, 0.3) is 5.91 Å². The molecular formula is C32H42FN7O5. The Hall–Kier alpha value is -4.52. The maximum atomic E-state index is 14.4. The standard InChI is InChI=1S/C32H42FN7O5/c1-8-38(31(43)44-32(4,5)6)15-14-34-28(41)19-39(27-13-12-23(16-21(27)2)30-35-22(3)45-36-30)20-29(42)37(7)40-17-24-10-9-11-26(33)25(24)18-40/h9-13,16H,8,14-15,17-20H2,1-7H3,(H,34,41). The number of aryl methyl sites for hydroxylation is 2. The molecule has 4 rings (SSSR count). The SMILES string of the molecule is CCN(CCNC(=O)CN(CC(=O)N(C)N1Cc2cccc(F)c2C1)c1ccc(-c2noc(C)n2)cc1C)C(=O)OC(C)(C)C. The number of carbonyl (C=O) groups excluding carboxylic acids is 3. The van der Waals surface area contributed by atoms with Crippen LogP contribution in [0.5, 0.6) is 0 Å². The Morgan fingerprint density at radius 3 is 2.49 bits per heavy atom. The average molecular weight is 624 g/mol. The van der Waals surface area contributed by atoms with Gasteiger partial charge in [0.1, 0.15) is 11.4 Å². The average Bonchev–Trinajstić information content (AvgIpc) is 3.61. The first kappa shape index (κ1) is 33.4. The number of rotatable bonds is 11. The van der Waals surface area contributed by atoms with Crippen LogP contribution in [0.2, 0.25) is 0 Å². The number of carbonyl (C=O) groups is 3. The first-order valence-corrected chi connectivity index (χ1v) is 14.9. The summed E-state index contributed by atoms with van der Waals surface area (Å²) in [7, 11) is 1.65. The van der Waals surface area contributed by atoms with Crippen molar-refractivity contribution in [3.63, 3.8) is 0 Å². The molecule has 0 spiro atoms. The Morgan fingerprint density at radius 1 is 1.11 bits per heavy atom. The first-order valence-electron chi connectivity index (χ1n) is 14.9. The summed E-state index contributed by atoms with van der Waals surface area (Å²) >= 11 is 0. The van der Waals surface area contributed by atoms with Gasteiger partial charge in [-0.1, -0.05) is 17.3 Å². The highest BCUT2D eigenvalue weighted by Crippen LogP contribution is 2.28. The maximum Gasteiger partial charge on any atom is 0.410 e. The summed E-state index contributed by atoms with van der Waals surface area (Å²) in [5.74, 6) is -0.00610. The van der Waals surface area contributed by atoms with E-state index >= 15 is 0 Å². The van der Waals surface area contributed by atoms with Gasteiger partial charge in [-0.3, -0.25) is 14.6 Å². The quantitative estimate of drug-likeness (QED) is 0.337. The molecule has 1 N–H and O–H groups in total. The zero-order valence-corrected chi connectivity index (χ0v) is 27.0. The van der Waals surface area contributed by atoms with Gasteiger partial charge < -0.3 is 24.4 Å². The van der Waals surface area contributed by atoms with E-state index in [1.807, 2.05) is 38.1 Å². The van der Waals surface area contributed by atoms with Gasteiger partial charge in [-0.15, -0.1) is 0 Å². The van der Waals surface area contributed by atoms with Crippen molar-refractivity contribution < 1.29 is 28.0 Å². The summed E-state index contributed by atoms with van der Waals surface area (Å²) in [6.07, 6.45) is -0.453. The van der Waals surface area contributed by atoms with Gasteiger partial charge in [-0.25, -0.2) is 14.2 Å². The molecule has 1 aromatic heterocycles. The second kappa shape index (κ2) is 14.1. The number of benzene rings is 2. The van der Waals surface area contributed by atoms with Gasteiger partial charge >= 0.3 is 6.09 Å². The van der Waals surface area contributed by atoms with Crippen molar-refractivity contribution >= 4 is 23.6 Å². The molecule has 0 saturated carbocycles. The van der Waals surface area contributed by atoms with E-state index in [2.05, 4.69) is 15.5 Å². The molecule has 0 unspecified atom stereocenters. The van der Waals surface area contributed by atoms with E-state index in [4.69, 9.17) is 9.26 Å². The molecule has 1 aliphatic rings. The normalized spacial score (nSPS) is 12.9. The molecule has 0 radical (unpaired) electrons. The van der Waals surface area contributed by atoms with Crippen LogP contribution in [0.25, 0.3) is 11.4 Å². The Bertz CT molecular complexity index is 1540. The van der Waals surface area contributed by atoms with Crippen LogP contribution >= 0.6 is 0 Å². The number of hydrazine groups is 1. The summed E-state index contributed by atoms with van der Waals surface area (Å²) in [5.41, 5.74) is 2.99. The van der Waals surface area contributed by atoms with E-state index < -0.39 is 11.7 Å². The van der Waals surface area contributed by atoms with Crippen molar-refractivity contribution in [3.8, 4) is 11.4 Å². The van der Waals surface area contributed by atoms with Crippen LogP contribution in [0, 0.1) is 19.7 Å². The van der Waals surface area contributed by atoms with Crippen LogP contribution in [-0.4, -0.2) is 88.3 Å². The number of likely N-dealkylation sites (N-methyl/N-ethyl adjacent to an activating group) is 2. The number of halogens is 1. The largest absolute Gasteiger partial charge is 0.444 e. The molecule has 242 valence electrons. The molecule has 0 saturated heterocycles. The third kappa shape index (κ3) is 8.56. The van der Waals surface area contributed by atoms with Crippen molar-refractivity contribution in [1.82, 2.24) is 30.4 Å². The van der Waals surface area contributed by atoms with Gasteiger partial charge in [-0.2, -0.15) is 4.98 Å². The Kier molecular flexibility index (Phi) is 10.4. The minimum Gasteiger partial charge on any atom is -0.444 e. The zero-order valence-electron chi connectivity index (χ0n) is 27.0. The molecule has 12 nitrogen and oxygen atoms in total. The second-order valence-electron chi connectivity index (χ2n) is 12.0. The monoisotopic (exact) mass is 623 g/mol. The highest BCUT2D eigenvalue weighted by molar-refractivity contribution is 5.87. The fourth-order valence-corrected chi connectivity index (χ4v) is 5.06. The van der Waals surface area contributed by atoms with Gasteiger partial charge in [0.2, 0.25) is 17.6 Å². The molecule has 0 aliphatic carbocycles. The van der Waals surface area contributed by atoms with Gasteiger partial charge in [0, 0.05) is 63.5 Å². The van der Waals surface area contributed by atoms with Crippen molar-refractivity contribution in [3.05, 3.63) is 64.8 Å². The van der Waals surface area contributed by atoms with E-state index in [9.17, 15) is 18.8 Å². The number of fused-ring (bicyclic) bond motifs is 1. The van der Waals surface area contributed by atoms with Crippen molar-refractivity contribution in [2.24, 2.45) is 0 Å². The van der Waals surface area contributed by atoms with E-state index in [1.54, 1.807) is 50.7 Å². The Morgan fingerprint density at radius 2 is 1.87 bits per heavy atom. The van der Waals surface area contributed by atoms with Gasteiger partial charge in [0.05, 0.1) is 13.1 Å². The fourth-order valence-electron chi connectivity index (χ4n) is 5.06. The summed E-state index contributed by atoms with van der Waals surface area (Å²) in [6, 6.07) is 10.4. The summed E-state index contributed by atoms with van der Waals surface area (Å²) < 4.78 is 24.9. The minimum atomic E-state index is -0.629. The van der Waals surface area contributed by atoms with Crippen LogP contribution in [-0.2, 0) is 27.4 Å². The number of hydrogen-bond donors (Lipinski definition) is 1. The molecule has 2 aromatic carbocycles. The predicted molar refractivity (Wildman–Crippen MR) is 166 cm³/mol. The molecule has 13 heteroatoms. The number of ether oxygens (including phenoxy) is 1. The maximum absolute atomic E-state index is 14.4. The second-order valence-corrected chi connectivity index (χ2v) is 12.0. The molecular weight excluding hydrogens is 581 g/mol. The number of aromatic nitrogens is 2. The molecule has 2 heterocycles. The van der Waals surface area contributed by atoms with Crippen LogP contribution < -0.4 is 10.2 Å². The molecule has 0 bridgehead atoms. The molecule has 1 aliphatic heterocycles. The number of hydrogen-bond acceptors (Lipinski definition) is 9. The minimum absolute atomic E-state index is 0.111. The fraction of sp³-hybridized carbons (Fsp3) is 0.469. The van der Waals surface area contributed by atoms with E-state index in [-0.39, 0.29) is 50.4 Å². The highest BCUT2D eigenvalue weighted by Gasteiger charge is 2.29. The molecule has 0 atom stereocenters. The molecule has 3 amide bonds. The lowest BCUT2D eigenvalue weighted by atomic mass is 10.1. The van der Waals surface area contributed by atoms with Gasteiger partial charge in [-0.05, 0) is 70.0 Å². The van der Waals surface area contributed by atoms with E-state index in [0.717, 1.165) is 16.7 Å². The number of nitrogens with one attached hydrogen (secondary N) is 1. The lowest BCUT2D eigenvalue weighted by Crippen LogP contribution is -2.48. The summed E-state index contributed by atoms with van der Waals surface area (Å²) in [5, 5.41) is 10.1. The van der Waals surface area contributed by atoms with Crippen LogP contribution in [0.3, 0.4) is 0 Å². The predicted octanol–water partition coefficient (Wildman–Crippen LogP) is 4.06. The van der Waals surface area contributed by atoms with Crippen LogP contribution in [0.1, 0.15) is 50.3 Å². The molecule has 45 heavy (non-hydrogen) atoms. The number of nitrogens with zero attached hydrogens (tertiary/aromatic N) is 6. The van der Waals surface area contributed by atoms with Crippen molar-refractivity contribution in [2.45, 2.75) is 60.2 Å². The first-order chi connectivity index (χ1) is 21.3. The van der Waals surface area contributed by atoms with Crippen LogP contribution in [0.4, 0.5) is 14.9 Å². The lowest BCUT2D eigenvalue weighted by molar-refractivity contribution is -0.145. The lowest BCUT2D eigenvalue weighted by Gasteiger charge is -2.32. The number of anilines is 1. The summed E-state index contributed by atoms with van der Waals surface area (Å²) in [6.45, 7) is 12.2. The highest BCUT2D eigenvalue weighted by atomic mass is 19.1. The number of amides is 3. The molecule has 0 fully saturated rings. The van der Waals surface area contributed by atoms with E-state index in [0.29, 0.717) is 36.1 Å². The van der Waals surface area contributed by atoms with Crippen molar-refractivity contribution in [1.29, 1.82) is 0 Å². The third-order valence-corrected chi connectivity index (χ3v) is 7.42. The van der Waals surface area contributed by atoms with Crippen molar-refractivity contribution in [2.75, 3.05) is 44.7 Å². The van der Waals surface area contributed by atoms with Crippen LogP contribution in [0.15, 0.2) is 40.9 Å². The third-order valence-electron chi connectivity index (χ3n) is 7.42. The van der Waals surface area contributed by atoms with E-state index in [1.165, 1.54) is 16.0 Å². The molecule has 3 aromatic rings.